The summed E-state index contributed by atoms with van der Waals surface area (Å²) in [4.78, 5) is 9.75. The van der Waals surface area contributed by atoms with Crippen LogP contribution in [0.3, 0.4) is 0 Å². The van der Waals surface area contributed by atoms with Gasteiger partial charge in [0.1, 0.15) is 0 Å². The molecule has 0 amide bonds. The monoisotopic (exact) mass is 392 g/mol. The second-order valence-corrected chi connectivity index (χ2v) is 9.23. The van der Waals surface area contributed by atoms with Crippen molar-refractivity contribution in [2.24, 2.45) is 16.3 Å². The Labute approximate surface area is 171 Å². The van der Waals surface area contributed by atoms with E-state index in [0.717, 1.165) is 64.3 Å². The second-order valence-electron chi connectivity index (χ2n) is 9.23. The van der Waals surface area contributed by atoms with Crippen molar-refractivity contribution in [1.29, 1.82) is 0 Å². The Kier molecular flexibility index (Phi) is 6.79. The van der Waals surface area contributed by atoms with Gasteiger partial charge in [0.05, 0.1) is 19.3 Å². The Balaban J connectivity index is 1.32. The zero-order valence-electron chi connectivity index (χ0n) is 18.0. The molecular formula is C22H40N4O2. The fourth-order valence-corrected chi connectivity index (χ4v) is 6.04. The standard InChI is InChI=1S/C22H40N4O2/c1-3-28-20-15-19(22(20)8-5-4-6-9-22)24-21(23-2)26-10-7-18(17-26)16-25-11-13-27-14-12-25/h18-20H,3-17H2,1-2H3,(H,23,24). The third-order valence-corrected chi connectivity index (χ3v) is 7.66. The Morgan fingerprint density at radius 2 is 1.96 bits per heavy atom. The number of hydrogen-bond donors (Lipinski definition) is 1. The molecule has 0 aromatic heterocycles. The molecule has 4 fully saturated rings. The lowest BCUT2D eigenvalue weighted by molar-refractivity contribution is -0.146. The summed E-state index contributed by atoms with van der Waals surface area (Å²) < 4.78 is 11.6. The highest BCUT2D eigenvalue weighted by molar-refractivity contribution is 5.80. The van der Waals surface area contributed by atoms with Crippen LogP contribution in [0, 0.1) is 11.3 Å². The van der Waals surface area contributed by atoms with Gasteiger partial charge < -0.3 is 19.7 Å². The predicted molar refractivity (Wildman–Crippen MR) is 113 cm³/mol. The first-order chi connectivity index (χ1) is 13.7. The van der Waals surface area contributed by atoms with Crippen LogP contribution in [-0.2, 0) is 9.47 Å². The van der Waals surface area contributed by atoms with E-state index in [0.29, 0.717) is 17.6 Å². The van der Waals surface area contributed by atoms with E-state index < -0.39 is 0 Å². The van der Waals surface area contributed by atoms with Crippen LogP contribution in [-0.4, -0.2) is 87.5 Å². The Morgan fingerprint density at radius 3 is 2.68 bits per heavy atom. The quantitative estimate of drug-likeness (QED) is 0.575. The smallest absolute Gasteiger partial charge is 0.193 e. The van der Waals surface area contributed by atoms with Gasteiger partial charge in [0, 0.05) is 57.8 Å². The first-order valence-electron chi connectivity index (χ1n) is 11.6. The third kappa shape index (κ3) is 4.19. The molecule has 2 aliphatic carbocycles. The van der Waals surface area contributed by atoms with Gasteiger partial charge in [-0.2, -0.15) is 0 Å². The van der Waals surface area contributed by atoms with E-state index in [1.165, 1.54) is 45.1 Å². The summed E-state index contributed by atoms with van der Waals surface area (Å²) in [5, 5.41) is 3.88. The van der Waals surface area contributed by atoms with Crippen molar-refractivity contribution in [2.45, 2.75) is 64.0 Å². The molecule has 3 unspecified atom stereocenters. The topological polar surface area (TPSA) is 49.3 Å². The minimum absolute atomic E-state index is 0.344. The second kappa shape index (κ2) is 9.31. The molecule has 2 saturated carbocycles. The fourth-order valence-electron chi connectivity index (χ4n) is 6.04. The molecule has 6 heteroatoms. The molecule has 160 valence electrons. The van der Waals surface area contributed by atoms with Gasteiger partial charge >= 0.3 is 0 Å². The van der Waals surface area contributed by atoms with Gasteiger partial charge in [0.15, 0.2) is 5.96 Å². The summed E-state index contributed by atoms with van der Waals surface area (Å²) in [5.74, 6) is 1.87. The number of hydrogen-bond acceptors (Lipinski definition) is 4. The number of guanidine groups is 1. The maximum absolute atomic E-state index is 6.13. The van der Waals surface area contributed by atoms with Crippen LogP contribution in [0.2, 0.25) is 0 Å². The van der Waals surface area contributed by atoms with Crippen molar-refractivity contribution in [3.05, 3.63) is 0 Å². The Bertz CT molecular complexity index is 529. The van der Waals surface area contributed by atoms with Crippen molar-refractivity contribution >= 4 is 5.96 Å². The van der Waals surface area contributed by atoms with E-state index in [1.807, 2.05) is 7.05 Å². The van der Waals surface area contributed by atoms with Gasteiger partial charge in [-0.25, -0.2) is 0 Å². The van der Waals surface area contributed by atoms with E-state index >= 15 is 0 Å². The summed E-state index contributed by atoms with van der Waals surface area (Å²) in [6, 6.07) is 0.529. The van der Waals surface area contributed by atoms with Crippen LogP contribution in [0.15, 0.2) is 4.99 Å². The van der Waals surface area contributed by atoms with E-state index in [1.54, 1.807) is 0 Å². The summed E-state index contributed by atoms with van der Waals surface area (Å²) >= 11 is 0. The highest BCUT2D eigenvalue weighted by Crippen LogP contribution is 2.53. The molecule has 0 radical (unpaired) electrons. The van der Waals surface area contributed by atoms with Gasteiger partial charge in [-0.15, -0.1) is 0 Å². The number of rotatable bonds is 5. The van der Waals surface area contributed by atoms with Crippen LogP contribution in [0.4, 0.5) is 0 Å². The summed E-state index contributed by atoms with van der Waals surface area (Å²) in [5.41, 5.74) is 0.344. The third-order valence-electron chi connectivity index (χ3n) is 7.66. The number of likely N-dealkylation sites (tertiary alicyclic amines) is 1. The highest BCUT2D eigenvalue weighted by Gasteiger charge is 2.56. The molecule has 0 aromatic carbocycles. The number of nitrogens with one attached hydrogen (secondary N) is 1. The maximum Gasteiger partial charge on any atom is 0.193 e. The van der Waals surface area contributed by atoms with Crippen molar-refractivity contribution in [1.82, 2.24) is 15.1 Å². The summed E-state index contributed by atoms with van der Waals surface area (Å²) in [7, 11) is 1.95. The molecule has 1 spiro atoms. The van der Waals surface area contributed by atoms with E-state index in [4.69, 9.17) is 9.47 Å². The Hall–Kier alpha value is -0.850. The average molecular weight is 393 g/mol. The minimum Gasteiger partial charge on any atom is -0.379 e. The lowest BCUT2D eigenvalue weighted by Crippen LogP contribution is -2.66. The van der Waals surface area contributed by atoms with Gasteiger partial charge in [0.25, 0.3) is 0 Å². The van der Waals surface area contributed by atoms with Crippen LogP contribution >= 0.6 is 0 Å². The number of nitrogens with zero attached hydrogens (tertiary/aromatic N) is 3. The van der Waals surface area contributed by atoms with E-state index in [9.17, 15) is 0 Å². The molecule has 4 rings (SSSR count). The maximum atomic E-state index is 6.13. The number of ether oxygens (including phenoxy) is 2. The normalized spacial score (nSPS) is 33.9. The molecule has 28 heavy (non-hydrogen) atoms. The Morgan fingerprint density at radius 1 is 1.18 bits per heavy atom. The van der Waals surface area contributed by atoms with E-state index in [2.05, 4.69) is 27.0 Å². The largest absolute Gasteiger partial charge is 0.379 e. The zero-order chi connectivity index (χ0) is 19.4. The fraction of sp³-hybridized carbons (Fsp3) is 0.955. The number of morpholine rings is 1. The molecule has 1 N–H and O–H groups in total. The molecule has 2 aliphatic heterocycles. The summed E-state index contributed by atoms with van der Waals surface area (Å²) in [6.07, 6.45) is 9.57. The lowest BCUT2D eigenvalue weighted by Gasteiger charge is -2.58. The van der Waals surface area contributed by atoms with Crippen LogP contribution in [0.5, 0.6) is 0 Å². The van der Waals surface area contributed by atoms with E-state index in [-0.39, 0.29) is 0 Å². The predicted octanol–water partition coefficient (Wildman–Crippen LogP) is 2.34. The minimum atomic E-state index is 0.344. The molecule has 4 aliphatic rings. The lowest BCUT2D eigenvalue weighted by atomic mass is 9.55. The molecule has 3 atom stereocenters. The van der Waals surface area contributed by atoms with Crippen LogP contribution in [0.25, 0.3) is 0 Å². The van der Waals surface area contributed by atoms with Crippen LogP contribution < -0.4 is 5.32 Å². The van der Waals surface area contributed by atoms with Crippen molar-refractivity contribution in [3.63, 3.8) is 0 Å². The van der Waals surface area contributed by atoms with Gasteiger partial charge in [-0.1, -0.05) is 19.3 Å². The van der Waals surface area contributed by atoms with Crippen molar-refractivity contribution in [3.8, 4) is 0 Å². The van der Waals surface area contributed by atoms with Crippen molar-refractivity contribution < 1.29 is 9.47 Å². The molecule has 0 aromatic rings. The van der Waals surface area contributed by atoms with Crippen molar-refractivity contribution in [2.75, 3.05) is 59.6 Å². The molecule has 6 nitrogen and oxygen atoms in total. The molecule has 2 saturated heterocycles. The molecule has 2 heterocycles. The highest BCUT2D eigenvalue weighted by atomic mass is 16.5. The van der Waals surface area contributed by atoms with Gasteiger partial charge in [0.2, 0.25) is 0 Å². The number of aliphatic imine (C=N–C) groups is 1. The molecule has 0 bridgehead atoms. The van der Waals surface area contributed by atoms with Crippen LogP contribution in [0.1, 0.15) is 51.9 Å². The zero-order valence-corrected chi connectivity index (χ0v) is 18.0. The molecular weight excluding hydrogens is 352 g/mol. The van der Waals surface area contributed by atoms with Gasteiger partial charge in [-0.3, -0.25) is 9.89 Å². The first kappa shape index (κ1) is 20.4. The summed E-state index contributed by atoms with van der Waals surface area (Å²) in [6.45, 7) is 10.4. The first-order valence-corrected chi connectivity index (χ1v) is 11.6. The van der Waals surface area contributed by atoms with Gasteiger partial charge in [-0.05, 0) is 38.5 Å². The average Bonchev–Trinajstić information content (AvgIpc) is 3.20. The SMILES string of the molecule is CCOC1CC(NC(=NC)N2CCC(CN3CCOCC3)C2)C12CCCCC2.